The van der Waals surface area contributed by atoms with Crippen molar-refractivity contribution in [1.82, 2.24) is 0 Å². The summed E-state index contributed by atoms with van der Waals surface area (Å²) in [5, 5.41) is 0. The SMILES string of the molecule is CC(C)Oc1cccc(C(C)(C)OCc2ccccc2)c1. The van der Waals surface area contributed by atoms with Crippen LogP contribution in [0.4, 0.5) is 0 Å². The van der Waals surface area contributed by atoms with Gasteiger partial charge in [0.1, 0.15) is 5.75 Å². The van der Waals surface area contributed by atoms with Crippen molar-refractivity contribution in [3.05, 3.63) is 65.7 Å². The van der Waals surface area contributed by atoms with E-state index >= 15 is 0 Å². The van der Waals surface area contributed by atoms with E-state index in [9.17, 15) is 0 Å². The van der Waals surface area contributed by atoms with Gasteiger partial charge in [0.25, 0.3) is 0 Å². The molecule has 0 N–H and O–H groups in total. The van der Waals surface area contributed by atoms with Gasteiger partial charge < -0.3 is 9.47 Å². The Balaban J connectivity index is 2.08. The number of ether oxygens (including phenoxy) is 2. The van der Waals surface area contributed by atoms with Gasteiger partial charge >= 0.3 is 0 Å². The van der Waals surface area contributed by atoms with E-state index in [4.69, 9.17) is 9.47 Å². The molecule has 0 spiro atoms. The van der Waals surface area contributed by atoms with Gasteiger partial charge in [-0.1, -0.05) is 42.5 Å². The molecule has 0 heterocycles. The molecule has 2 rings (SSSR count). The molecule has 2 aromatic carbocycles. The number of hydrogen-bond donors (Lipinski definition) is 0. The summed E-state index contributed by atoms with van der Waals surface area (Å²) in [5.74, 6) is 0.888. The van der Waals surface area contributed by atoms with Crippen molar-refractivity contribution in [2.24, 2.45) is 0 Å². The topological polar surface area (TPSA) is 18.5 Å². The van der Waals surface area contributed by atoms with Crippen molar-refractivity contribution in [3.8, 4) is 5.75 Å². The highest BCUT2D eigenvalue weighted by Gasteiger charge is 2.22. The third-order valence-electron chi connectivity index (χ3n) is 3.34. The second-order valence-corrected chi connectivity index (χ2v) is 5.98. The molecule has 2 heteroatoms. The zero-order valence-electron chi connectivity index (χ0n) is 13.3. The zero-order valence-corrected chi connectivity index (χ0v) is 13.3. The van der Waals surface area contributed by atoms with E-state index in [1.165, 1.54) is 5.56 Å². The van der Waals surface area contributed by atoms with Crippen molar-refractivity contribution >= 4 is 0 Å². The molecule has 0 saturated carbocycles. The van der Waals surface area contributed by atoms with Crippen molar-refractivity contribution < 1.29 is 9.47 Å². The summed E-state index contributed by atoms with van der Waals surface area (Å²) in [4.78, 5) is 0. The third-order valence-corrected chi connectivity index (χ3v) is 3.34. The Labute approximate surface area is 127 Å². The molecule has 112 valence electrons. The van der Waals surface area contributed by atoms with Crippen LogP contribution in [0.5, 0.6) is 5.75 Å². The largest absolute Gasteiger partial charge is 0.491 e. The molecule has 0 atom stereocenters. The molecule has 0 aliphatic carbocycles. The van der Waals surface area contributed by atoms with Crippen molar-refractivity contribution in [2.45, 2.75) is 46.0 Å². The summed E-state index contributed by atoms with van der Waals surface area (Å²) in [5.41, 5.74) is 1.95. The van der Waals surface area contributed by atoms with Gasteiger partial charge in [0, 0.05) is 0 Å². The van der Waals surface area contributed by atoms with Crippen LogP contribution >= 0.6 is 0 Å². The normalized spacial score (nSPS) is 11.7. The number of benzene rings is 2. The minimum atomic E-state index is -0.355. The van der Waals surface area contributed by atoms with Gasteiger partial charge in [-0.25, -0.2) is 0 Å². The highest BCUT2D eigenvalue weighted by molar-refractivity contribution is 5.32. The Morgan fingerprint density at radius 1 is 0.952 bits per heavy atom. The Bertz CT molecular complexity index is 559. The fourth-order valence-electron chi connectivity index (χ4n) is 2.14. The molecule has 0 aromatic heterocycles. The molecule has 2 aromatic rings. The number of rotatable bonds is 6. The van der Waals surface area contributed by atoms with E-state index in [0.29, 0.717) is 6.61 Å². The summed E-state index contributed by atoms with van der Waals surface area (Å²) < 4.78 is 11.9. The zero-order chi connectivity index (χ0) is 15.3. The highest BCUT2D eigenvalue weighted by Crippen LogP contribution is 2.29. The fourth-order valence-corrected chi connectivity index (χ4v) is 2.14. The lowest BCUT2D eigenvalue weighted by Crippen LogP contribution is -2.21. The predicted octanol–water partition coefficient (Wildman–Crippen LogP) is 4.93. The van der Waals surface area contributed by atoms with E-state index in [1.54, 1.807) is 0 Å². The number of hydrogen-bond acceptors (Lipinski definition) is 2. The summed E-state index contributed by atoms with van der Waals surface area (Å²) in [6.45, 7) is 8.84. The van der Waals surface area contributed by atoms with Crippen molar-refractivity contribution in [1.29, 1.82) is 0 Å². The van der Waals surface area contributed by atoms with Crippen LogP contribution < -0.4 is 4.74 Å². The van der Waals surface area contributed by atoms with Gasteiger partial charge in [-0.2, -0.15) is 0 Å². The highest BCUT2D eigenvalue weighted by atomic mass is 16.5. The molecule has 0 aliphatic rings. The summed E-state index contributed by atoms with van der Waals surface area (Å²) in [7, 11) is 0. The minimum Gasteiger partial charge on any atom is -0.491 e. The standard InChI is InChI=1S/C19H24O2/c1-15(2)21-18-12-8-11-17(13-18)19(3,4)20-14-16-9-6-5-7-10-16/h5-13,15H,14H2,1-4H3. The van der Waals surface area contributed by atoms with Crippen LogP contribution in [0.3, 0.4) is 0 Å². The van der Waals surface area contributed by atoms with E-state index < -0.39 is 0 Å². The van der Waals surface area contributed by atoms with Crippen LogP contribution in [-0.2, 0) is 16.9 Å². The molecule has 2 nitrogen and oxygen atoms in total. The summed E-state index contributed by atoms with van der Waals surface area (Å²) in [6, 6.07) is 18.4. The second kappa shape index (κ2) is 6.77. The molecule has 0 saturated heterocycles. The maximum absolute atomic E-state index is 6.11. The maximum Gasteiger partial charge on any atom is 0.120 e. The van der Waals surface area contributed by atoms with Crippen LogP contribution in [0.15, 0.2) is 54.6 Å². The Hall–Kier alpha value is -1.80. The third kappa shape index (κ3) is 4.61. The summed E-state index contributed by atoms with van der Waals surface area (Å²) in [6.07, 6.45) is 0.175. The first-order valence-corrected chi connectivity index (χ1v) is 7.42. The van der Waals surface area contributed by atoms with Crippen LogP contribution in [0.1, 0.15) is 38.8 Å². The van der Waals surface area contributed by atoms with E-state index in [-0.39, 0.29) is 11.7 Å². The molecular weight excluding hydrogens is 260 g/mol. The first kappa shape index (κ1) is 15.6. The quantitative estimate of drug-likeness (QED) is 0.749. The van der Waals surface area contributed by atoms with Gasteiger partial charge in [-0.05, 0) is 51.0 Å². The lowest BCUT2D eigenvalue weighted by atomic mass is 9.97. The molecule has 0 amide bonds. The molecule has 0 unspecified atom stereocenters. The van der Waals surface area contributed by atoms with Crippen molar-refractivity contribution in [2.75, 3.05) is 0 Å². The van der Waals surface area contributed by atoms with Crippen LogP contribution in [0, 0.1) is 0 Å². The average molecular weight is 284 g/mol. The Kier molecular flexibility index (Phi) is 5.03. The van der Waals surface area contributed by atoms with Crippen LogP contribution in [0.25, 0.3) is 0 Å². The molecule has 0 aliphatic heterocycles. The van der Waals surface area contributed by atoms with Crippen LogP contribution in [0.2, 0.25) is 0 Å². The van der Waals surface area contributed by atoms with Gasteiger partial charge in [0.15, 0.2) is 0 Å². The Morgan fingerprint density at radius 3 is 2.33 bits per heavy atom. The van der Waals surface area contributed by atoms with E-state index in [2.05, 4.69) is 38.1 Å². The van der Waals surface area contributed by atoms with Gasteiger partial charge in [0.2, 0.25) is 0 Å². The van der Waals surface area contributed by atoms with E-state index in [1.807, 2.05) is 44.2 Å². The van der Waals surface area contributed by atoms with Crippen LogP contribution in [-0.4, -0.2) is 6.10 Å². The molecular formula is C19H24O2. The lowest BCUT2D eigenvalue weighted by molar-refractivity contribution is -0.0338. The van der Waals surface area contributed by atoms with Gasteiger partial charge in [-0.15, -0.1) is 0 Å². The monoisotopic (exact) mass is 284 g/mol. The van der Waals surface area contributed by atoms with Gasteiger partial charge in [-0.3, -0.25) is 0 Å². The lowest BCUT2D eigenvalue weighted by Gasteiger charge is -2.26. The molecule has 21 heavy (non-hydrogen) atoms. The van der Waals surface area contributed by atoms with E-state index in [0.717, 1.165) is 11.3 Å². The van der Waals surface area contributed by atoms with Gasteiger partial charge in [0.05, 0.1) is 18.3 Å². The predicted molar refractivity (Wildman–Crippen MR) is 86.5 cm³/mol. The summed E-state index contributed by atoms with van der Waals surface area (Å²) >= 11 is 0. The molecule has 0 bridgehead atoms. The fraction of sp³-hybridized carbons (Fsp3) is 0.368. The minimum absolute atomic E-state index is 0.175. The average Bonchev–Trinajstić information content (AvgIpc) is 2.46. The first-order valence-electron chi connectivity index (χ1n) is 7.42. The second-order valence-electron chi connectivity index (χ2n) is 5.98. The smallest absolute Gasteiger partial charge is 0.120 e. The Morgan fingerprint density at radius 2 is 1.67 bits per heavy atom. The molecule has 0 radical (unpaired) electrons. The van der Waals surface area contributed by atoms with Crippen molar-refractivity contribution in [3.63, 3.8) is 0 Å². The first-order chi connectivity index (χ1) is 9.97. The molecule has 0 fully saturated rings. The maximum atomic E-state index is 6.11.